The van der Waals surface area contributed by atoms with E-state index in [1.54, 1.807) is 0 Å². The van der Waals surface area contributed by atoms with E-state index in [2.05, 4.69) is 39.5 Å². The molecule has 110 valence electrons. The van der Waals surface area contributed by atoms with Gasteiger partial charge in [-0.1, -0.05) is 11.8 Å². The quantitative estimate of drug-likeness (QED) is 0.564. The van der Waals surface area contributed by atoms with Crippen LogP contribution >= 0.6 is 22.6 Å². The standard InChI is InChI=1S/C16H16FIN2O/c17-9-3-1-5-12-7-8-14-13(11-12)16(18)19-20(14)15-6-2-4-10-21-15/h7-8,11,15H,2-4,6,9-10H2. The van der Waals surface area contributed by atoms with Crippen LogP contribution in [-0.4, -0.2) is 23.1 Å². The van der Waals surface area contributed by atoms with Crippen molar-refractivity contribution in [3.8, 4) is 11.8 Å². The van der Waals surface area contributed by atoms with Crippen molar-refractivity contribution in [2.75, 3.05) is 13.3 Å². The third kappa shape index (κ3) is 3.22. The molecule has 2 aromatic rings. The maximum absolute atomic E-state index is 12.1. The number of benzene rings is 1. The van der Waals surface area contributed by atoms with Gasteiger partial charge >= 0.3 is 0 Å². The lowest BCUT2D eigenvalue weighted by Gasteiger charge is -2.23. The average molecular weight is 398 g/mol. The molecular formula is C16H16FIN2O. The summed E-state index contributed by atoms with van der Waals surface area (Å²) in [6, 6.07) is 6.02. The first-order valence-corrected chi connectivity index (χ1v) is 8.21. The summed E-state index contributed by atoms with van der Waals surface area (Å²) in [4.78, 5) is 0. The number of alkyl halides is 1. The second-order valence-electron chi connectivity index (χ2n) is 5.03. The number of ether oxygens (including phenoxy) is 1. The largest absolute Gasteiger partial charge is 0.356 e. The van der Waals surface area contributed by atoms with Crippen molar-refractivity contribution >= 4 is 33.5 Å². The van der Waals surface area contributed by atoms with Gasteiger partial charge in [0.05, 0.1) is 5.52 Å². The molecule has 1 aliphatic rings. The lowest BCUT2D eigenvalue weighted by molar-refractivity contribution is -0.0368. The van der Waals surface area contributed by atoms with Gasteiger partial charge in [0.2, 0.25) is 0 Å². The number of hydrogen-bond donors (Lipinski definition) is 0. The third-order valence-corrected chi connectivity index (χ3v) is 4.34. The number of fused-ring (bicyclic) bond motifs is 1. The Bertz CT molecular complexity index is 695. The van der Waals surface area contributed by atoms with E-state index in [9.17, 15) is 4.39 Å². The summed E-state index contributed by atoms with van der Waals surface area (Å²) in [5.74, 6) is 5.82. The Morgan fingerprint density at radius 3 is 3.10 bits per heavy atom. The summed E-state index contributed by atoms with van der Waals surface area (Å²) >= 11 is 2.24. The predicted octanol–water partition coefficient (Wildman–Crippen LogP) is 4.05. The third-order valence-electron chi connectivity index (χ3n) is 3.54. The van der Waals surface area contributed by atoms with Gasteiger partial charge < -0.3 is 4.74 Å². The van der Waals surface area contributed by atoms with Crippen LogP contribution < -0.4 is 0 Å². The van der Waals surface area contributed by atoms with Gasteiger partial charge in [-0.05, 0) is 60.1 Å². The van der Waals surface area contributed by atoms with Crippen molar-refractivity contribution in [1.82, 2.24) is 9.78 Å². The molecule has 1 aromatic heterocycles. The van der Waals surface area contributed by atoms with Crippen LogP contribution in [0.2, 0.25) is 0 Å². The summed E-state index contributed by atoms with van der Waals surface area (Å²) in [5, 5.41) is 5.70. The monoisotopic (exact) mass is 398 g/mol. The van der Waals surface area contributed by atoms with Crippen molar-refractivity contribution in [3.05, 3.63) is 27.5 Å². The van der Waals surface area contributed by atoms with Crippen LogP contribution in [0.15, 0.2) is 18.2 Å². The molecular weight excluding hydrogens is 382 g/mol. The topological polar surface area (TPSA) is 27.1 Å². The minimum Gasteiger partial charge on any atom is -0.356 e. The number of aromatic nitrogens is 2. The number of hydrogen-bond acceptors (Lipinski definition) is 2. The van der Waals surface area contributed by atoms with E-state index >= 15 is 0 Å². The van der Waals surface area contributed by atoms with Crippen molar-refractivity contribution in [2.45, 2.75) is 31.9 Å². The molecule has 0 N–H and O–H groups in total. The molecule has 0 amide bonds. The average Bonchev–Trinajstić information content (AvgIpc) is 2.85. The van der Waals surface area contributed by atoms with E-state index in [-0.39, 0.29) is 12.6 Å². The molecule has 3 nitrogen and oxygen atoms in total. The van der Waals surface area contributed by atoms with Gasteiger partial charge in [-0.2, -0.15) is 5.10 Å². The maximum atomic E-state index is 12.1. The van der Waals surface area contributed by atoms with Crippen molar-refractivity contribution in [2.24, 2.45) is 0 Å². The minimum atomic E-state index is -0.399. The van der Waals surface area contributed by atoms with Gasteiger partial charge in [0.15, 0.2) is 6.23 Å². The minimum absolute atomic E-state index is 0.0354. The smallest absolute Gasteiger partial charge is 0.150 e. The normalized spacial score (nSPS) is 18.5. The molecule has 1 aromatic carbocycles. The highest BCUT2D eigenvalue weighted by Crippen LogP contribution is 2.29. The first kappa shape index (κ1) is 14.8. The summed E-state index contributed by atoms with van der Waals surface area (Å²) in [7, 11) is 0. The van der Waals surface area contributed by atoms with Gasteiger partial charge in [-0.25, -0.2) is 4.68 Å². The molecule has 0 saturated carbocycles. The fourth-order valence-corrected chi connectivity index (χ4v) is 3.19. The van der Waals surface area contributed by atoms with Crippen LogP contribution in [0.5, 0.6) is 0 Å². The van der Waals surface area contributed by atoms with Crippen LogP contribution in [0.3, 0.4) is 0 Å². The molecule has 0 bridgehead atoms. The molecule has 3 rings (SSSR count). The molecule has 0 radical (unpaired) electrons. The van der Waals surface area contributed by atoms with Gasteiger partial charge in [0.1, 0.15) is 10.4 Å². The molecule has 1 atom stereocenters. The first-order chi connectivity index (χ1) is 10.3. The molecule has 21 heavy (non-hydrogen) atoms. The van der Waals surface area contributed by atoms with Crippen molar-refractivity contribution in [1.29, 1.82) is 0 Å². The predicted molar refractivity (Wildman–Crippen MR) is 88.8 cm³/mol. The molecule has 1 aliphatic heterocycles. The summed E-state index contributed by atoms with van der Waals surface area (Å²) < 4.78 is 20.8. The second-order valence-corrected chi connectivity index (χ2v) is 6.05. The zero-order chi connectivity index (χ0) is 14.7. The summed E-state index contributed by atoms with van der Waals surface area (Å²) in [5.41, 5.74) is 1.97. The number of halogens is 2. The SMILES string of the molecule is FCCC#Cc1ccc2c(c1)c(I)nn2C1CCCCO1. The lowest BCUT2D eigenvalue weighted by atomic mass is 10.1. The van der Waals surface area contributed by atoms with Crippen molar-refractivity contribution in [3.63, 3.8) is 0 Å². The molecule has 1 fully saturated rings. The Balaban J connectivity index is 1.96. The van der Waals surface area contributed by atoms with E-state index < -0.39 is 6.67 Å². The van der Waals surface area contributed by atoms with E-state index in [1.165, 1.54) is 6.42 Å². The highest BCUT2D eigenvalue weighted by molar-refractivity contribution is 14.1. The van der Waals surface area contributed by atoms with E-state index in [4.69, 9.17) is 4.74 Å². The van der Waals surface area contributed by atoms with Gasteiger partial charge in [0, 0.05) is 24.0 Å². The molecule has 0 aliphatic carbocycles. The molecule has 2 heterocycles. The summed E-state index contributed by atoms with van der Waals surface area (Å²) in [6.07, 6.45) is 3.62. The number of nitrogens with zero attached hydrogens (tertiary/aromatic N) is 2. The maximum Gasteiger partial charge on any atom is 0.150 e. The molecule has 0 spiro atoms. The van der Waals surface area contributed by atoms with Crippen LogP contribution in [-0.2, 0) is 4.74 Å². The van der Waals surface area contributed by atoms with Crippen LogP contribution in [0.25, 0.3) is 10.9 Å². The Labute approximate surface area is 137 Å². The Morgan fingerprint density at radius 1 is 1.43 bits per heavy atom. The van der Waals surface area contributed by atoms with Gasteiger partial charge in [-0.3, -0.25) is 4.39 Å². The Hall–Kier alpha value is -1.13. The fourth-order valence-electron chi connectivity index (χ4n) is 2.53. The highest BCUT2D eigenvalue weighted by Gasteiger charge is 2.20. The van der Waals surface area contributed by atoms with E-state index in [0.717, 1.165) is 39.6 Å². The zero-order valence-electron chi connectivity index (χ0n) is 11.6. The Kier molecular flexibility index (Phi) is 4.76. The first-order valence-electron chi connectivity index (χ1n) is 7.14. The van der Waals surface area contributed by atoms with E-state index in [0.29, 0.717) is 0 Å². The highest BCUT2D eigenvalue weighted by atomic mass is 127. The fraction of sp³-hybridized carbons (Fsp3) is 0.438. The second kappa shape index (κ2) is 6.75. The van der Waals surface area contributed by atoms with Crippen LogP contribution in [0.1, 0.15) is 37.5 Å². The van der Waals surface area contributed by atoms with Crippen LogP contribution in [0, 0.1) is 15.5 Å². The van der Waals surface area contributed by atoms with E-state index in [1.807, 2.05) is 22.9 Å². The van der Waals surface area contributed by atoms with Gasteiger partial charge in [0.25, 0.3) is 0 Å². The van der Waals surface area contributed by atoms with Crippen molar-refractivity contribution < 1.29 is 9.13 Å². The molecule has 1 saturated heterocycles. The molecule has 5 heteroatoms. The molecule has 1 unspecified atom stereocenters. The van der Waals surface area contributed by atoms with Gasteiger partial charge in [-0.15, -0.1) is 0 Å². The number of rotatable bonds is 2. The zero-order valence-corrected chi connectivity index (χ0v) is 13.8. The Morgan fingerprint density at radius 2 is 2.33 bits per heavy atom. The van der Waals surface area contributed by atoms with Crippen LogP contribution in [0.4, 0.5) is 4.39 Å². The summed E-state index contributed by atoms with van der Waals surface area (Å²) in [6.45, 7) is 0.402. The lowest BCUT2D eigenvalue weighted by Crippen LogP contribution is -2.19.